The molecule has 140 valence electrons. The molecule has 0 saturated heterocycles. The van der Waals surface area contributed by atoms with Gasteiger partial charge in [-0.1, -0.05) is 6.92 Å². The third-order valence-electron chi connectivity index (χ3n) is 4.05. The maximum atomic E-state index is 13.3. The summed E-state index contributed by atoms with van der Waals surface area (Å²) in [7, 11) is 0. The van der Waals surface area contributed by atoms with Gasteiger partial charge in [-0.05, 0) is 30.3 Å². The van der Waals surface area contributed by atoms with E-state index < -0.39 is 23.4 Å². The number of ketones is 1. The normalized spacial score (nSPS) is 13.0. The Balaban J connectivity index is 1.81. The van der Waals surface area contributed by atoms with Crippen molar-refractivity contribution in [3.05, 3.63) is 53.6 Å². The van der Waals surface area contributed by atoms with Crippen LogP contribution in [0.3, 0.4) is 0 Å². The van der Waals surface area contributed by atoms with Crippen LogP contribution in [0.2, 0.25) is 0 Å². The molecule has 27 heavy (non-hydrogen) atoms. The average molecular weight is 374 g/mol. The summed E-state index contributed by atoms with van der Waals surface area (Å²) in [6, 6.07) is 7.63. The van der Waals surface area contributed by atoms with E-state index in [-0.39, 0.29) is 24.6 Å². The van der Waals surface area contributed by atoms with Crippen molar-refractivity contribution >= 4 is 29.0 Å². The number of Topliss-reactive ketones (excluding diaryl/α,β-unsaturated/α-hetero) is 1. The van der Waals surface area contributed by atoms with Gasteiger partial charge in [0.25, 0.3) is 5.91 Å². The molecular weight excluding hydrogens is 358 g/mol. The Kier molecular flexibility index (Phi) is 5.16. The van der Waals surface area contributed by atoms with Crippen LogP contribution in [0.25, 0.3) is 0 Å². The second-order valence-electron chi connectivity index (χ2n) is 5.90. The largest absolute Gasteiger partial charge is 0.482 e. The van der Waals surface area contributed by atoms with E-state index in [1.165, 1.54) is 17.0 Å². The van der Waals surface area contributed by atoms with Crippen LogP contribution >= 0.6 is 0 Å². The van der Waals surface area contributed by atoms with Crippen LogP contribution in [0.1, 0.15) is 23.7 Å². The van der Waals surface area contributed by atoms with Crippen molar-refractivity contribution in [1.82, 2.24) is 0 Å². The molecule has 1 aliphatic heterocycles. The van der Waals surface area contributed by atoms with E-state index in [4.69, 9.17) is 4.74 Å². The molecule has 2 aromatic rings. The number of carbonyl (C=O) groups excluding carboxylic acids is 3. The fourth-order valence-corrected chi connectivity index (χ4v) is 2.67. The fraction of sp³-hybridized carbons (Fsp3) is 0.211. The zero-order valence-electron chi connectivity index (χ0n) is 14.4. The number of halogens is 2. The number of nitrogens with zero attached hydrogens (tertiary/aromatic N) is 1. The first-order chi connectivity index (χ1) is 12.9. The fourth-order valence-electron chi connectivity index (χ4n) is 2.67. The standard InChI is InChI=1S/C19H16F2N2O4/c1-2-16(24)11-3-6-17-15(7-11)23(19(26)10-27-17)9-18(25)22-12-4-5-13(20)14(21)8-12/h3-8H,2,9-10H2,1H3,(H,22,25). The second kappa shape index (κ2) is 7.53. The predicted molar refractivity (Wildman–Crippen MR) is 93.9 cm³/mol. The molecule has 1 aliphatic rings. The predicted octanol–water partition coefficient (Wildman–Crippen LogP) is 2.92. The lowest BCUT2D eigenvalue weighted by Gasteiger charge is -2.29. The van der Waals surface area contributed by atoms with Crippen LogP contribution in [0.4, 0.5) is 20.2 Å². The van der Waals surface area contributed by atoms with Gasteiger partial charge >= 0.3 is 0 Å². The molecule has 2 amide bonds. The highest BCUT2D eigenvalue weighted by Crippen LogP contribution is 2.33. The van der Waals surface area contributed by atoms with Gasteiger partial charge in [-0.2, -0.15) is 0 Å². The summed E-state index contributed by atoms with van der Waals surface area (Å²) < 4.78 is 31.6. The van der Waals surface area contributed by atoms with Gasteiger partial charge < -0.3 is 10.1 Å². The van der Waals surface area contributed by atoms with Crippen LogP contribution in [-0.2, 0) is 9.59 Å². The Morgan fingerprint density at radius 1 is 1.15 bits per heavy atom. The van der Waals surface area contributed by atoms with E-state index in [9.17, 15) is 23.2 Å². The number of fused-ring (bicyclic) bond motifs is 1. The van der Waals surface area contributed by atoms with Crippen LogP contribution in [0, 0.1) is 11.6 Å². The molecule has 6 nitrogen and oxygen atoms in total. The number of benzene rings is 2. The minimum Gasteiger partial charge on any atom is -0.482 e. The summed E-state index contributed by atoms with van der Waals surface area (Å²) in [5, 5.41) is 2.41. The maximum Gasteiger partial charge on any atom is 0.265 e. The maximum absolute atomic E-state index is 13.3. The summed E-state index contributed by atoms with van der Waals surface area (Å²) in [6.45, 7) is 1.11. The van der Waals surface area contributed by atoms with Crippen molar-refractivity contribution in [3.63, 3.8) is 0 Å². The molecule has 0 radical (unpaired) electrons. The molecule has 1 heterocycles. The smallest absolute Gasteiger partial charge is 0.265 e. The van der Waals surface area contributed by atoms with Crippen molar-refractivity contribution in [2.24, 2.45) is 0 Å². The van der Waals surface area contributed by atoms with Crippen molar-refractivity contribution in [1.29, 1.82) is 0 Å². The molecular formula is C19H16F2N2O4. The molecule has 0 spiro atoms. The van der Waals surface area contributed by atoms with Gasteiger partial charge in [0.05, 0.1) is 5.69 Å². The number of nitrogens with one attached hydrogen (secondary N) is 1. The van der Waals surface area contributed by atoms with E-state index in [0.717, 1.165) is 12.1 Å². The molecule has 0 bridgehead atoms. The lowest BCUT2D eigenvalue weighted by molar-refractivity contribution is -0.123. The molecule has 0 atom stereocenters. The average Bonchev–Trinajstić information content (AvgIpc) is 2.66. The van der Waals surface area contributed by atoms with Gasteiger partial charge in [0.2, 0.25) is 5.91 Å². The van der Waals surface area contributed by atoms with Crippen LogP contribution < -0.4 is 15.0 Å². The highest BCUT2D eigenvalue weighted by molar-refractivity contribution is 6.06. The van der Waals surface area contributed by atoms with E-state index in [1.807, 2.05) is 0 Å². The summed E-state index contributed by atoms with van der Waals surface area (Å²) >= 11 is 0. The monoisotopic (exact) mass is 374 g/mol. The quantitative estimate of drug-likeness (QED) is 0.817. The first-order valence-corrected chi connectivity index (χ1v) is 8.24. The van der Waals surface area contributed by atoms with Crippen LogP contribution in [0.15, 0.2) is 36.4 Å². The van der Waals surface area contributed by atoms with Gasteiger partial charge in [0.15, 0.2) is 24.0 Å². The highest BCUT2D eigenvalue weighted by atomic mass is 19.2. The van der Waals surface area contributed by atoms with Crippen molar-refractivity contribution < 1.29 is 27.9 Å². The third kappa shape index (κ3) is 3.94. The van der Waals surface area contributed by atoms with Gasteiger partial charge in [0.1, 0.15) is 12.3 Å². The van der Waals surface area contributed by atoms with Crippen molar-refractivity contribution in [2.45, 2.75) is 13.3 Å². The SMILES string of the molecule is CCC(=O)c1ccc2c(c1)N(CC(=O)Nc1ccc(F)c(F)c1)C(=O)CO2. The number of ether oxygens (including phenoxy) is 1. The topological polar surface area (TPSA) is 75.7 Å². The first-order valence-electron chi connectivity index (χ1n) is 8.24. The molecule has 0 unspecified atom stereocenters. The summed E-state index contributed by atoms with van der Waals surface area (Å²) in [5.74, 6) is -2.91. The Labute approximate surface area is 153 Å². The number of anilines is 2. The number of carbonyl (C=O) groups is 3. The van der Waals surface area contributed by atoms with Crippen molar-refractivity contribution in [3.8, 4) is 5.75 Å². The Hall–Kier alpha value is -3.29. The van der Waals surface area contributed by atoms with Gasteiger partial charge in [-0.15, -0.1) is 0 Å². The number of hydrogen-bond donors (Lipinski definition) is 1. The molecule has 8 heteroatoms. The van der Waals surface area contributed by atoms with Crippen LogP contribution in [-0.4, -0.2) is 30.7 Å². The minimum absolute atomic E-state index is 0.0646. The third-order valence-corrected chi connectivity index (χ3v) is 4.05. The Morgan fingerprint density at radius 3 is 2.63 bits per heavy atom. The zero-order valence-corrected chi connectivity index (χ0v) is 14.4. The second-order valence-corrected chi connectivity index (χ2v) is 5.90. The van der Waals surface area contributed by atoms with E-state index in [0.29, 0.717) is 23.4 Å². The zero-order chi connectivity index (χ0) is 19.6. The number of amides is 2. The summed E-state index contributed by atoms with van der Waals surface area (Å²) in [4.78, 5) is 37.6. The van der Waals surface area contributed by atoms with Crippen LogP contribution in [0.5, 0.6) is 5.75 Å². The Morgan fingerprint density at radius 2 is 1.93 bits per heavy atom. The molecule has 0 saturated carbocycles. The van der Waals surface area contributed by atoms with Crippen molar-refractivity contribution in [2.75, 3.05) is 23.4 Å². The lowest BCUT2D eigenvalue weighted by Crippen LogP contribution is -2.43. The van der Waals surface area contributed by atoms with E-state index >= 15 is 0 Å². The molecule has 0 fully saturated rings. The van der Waals surface area contributed by atoms with E-state index in [1.54, 1.807) is 19.1 Å². The molecule has 3 rings (SSSR count). The lowest BCUT2D eigenvalue weighted by atomic mass is 10.1. The minimum atomic E-state index is -1.09. The van der Waals surface area contributed by atoms with E-state index in [2.05, 4.69) is 5.32 Å². The molecule has 0 aliphatic carbocycles. The summed E-state index contributed by atoms with van der Waals surface area (Å²) in [6.07, 6.45) is 0.296. The number of hydrogen-bond acceptors (Lipinski definition) is 4. The summed E-state index contributed by atoms with van der Waals surface area (Å²) in [5.41, 5.74) is 0.779. The van der Waals surface area contributed by atoms with Gasteiger partial charge in [-0.25, -0.2) is 8.78 Å². The molecule has 1 N–H and O–H groups in total. The number of rotatable bonds is 5. The highest BCUT2D eigenvalue weighted by Gasteiger charge is 2.28. The molecule has 2 aromatic carbocycles. The Bertz CT molecular complexity index is 930. The van der Waals surface area contributed by atoms with Gasteiger partial charge in [0, 0.05) is 23.7 Å². The van der Waals surface area contributed by atoms with Gasteiger partial charge in [-0.3, -0.25) is 19.3 Å². The molecule has 0 aromatic heterocycles. The first kappa shape index (κ1) is 18.5.